The molecule has 4 aromatic rings. The zero-order valence-electron chi connectivity index (χ0n) is 18.4. The van der Waals surface area contributed by atoms with Crippen molar-refractivity contribution in [1.29, 1.82) is 0 Å². The molecule has 0 aliphatic rings. The quantitative estimate of drug-likeness (QED) is 0.345. The largest absolute Gasteiger partial charge is 0.478 e. The lowest BCUT2D eigenvalue weighted by atomic mass is 10.1. The number of rotatable bonds is 7. The number of aryl methyl sites for hydroxylation is 1. The third-order valence-electron chi connectivity index (χ3n) is 5.15. The molecular weight excluding hydrogens is 463 g/mol. The standard InChI is InChI=1S/C24H20F3N5O3/c1-14-8-17(10-19(9-14)30-23-28-7-6-21(31-23)24(25,26)27)18-11-29-32(12-18)13-20(33)15-2-4-16(5-3-15)22(34)35/h2-12,20,33H,13H2,1H3,(H,34,35)(H,28,30,31). The summed E-state index contributed by atoms with van der Waals surface area (Å²) in [6, 6.07) is 12.1. The van der Waals surface area contributed by atoms with E-state index in [9.17, 15) is 23.1 Å². The maximum absolute atomic E-state index is 12.9. The maximum Gasteiger partial charge on any atom is 0.433 e. The summed E-state index contributed by atoms with van der Waals surface area (Å²) in [5.74, 6) is -1.22. The average molecular weight is 483 g/mol. The molecule has 0 saturated carbocycles. The van der Waals surface area contributed by atoms with E-state index in [0.29, 0.717) is 11.3 Å². The lowest BCUT2D eigenvalue weighted by molar-refractivity contribution is -0.141. The fourth-order valence-corrected chi connectivity index (χ4v) is 3.47. The summed E-state index contributed by atoms with van der Waals surface area (Å²) in [5.41, 5.74) is 2.48. The number of aromatic nitrogens is 4. The molecule has 2 aromatic carbocycles. The zero-order chi connectivity index (χ0) is 25.2. The fraction of sp³-hybridized carbons (Fsp3) is 0.167. The Hall–Kier alpha value is -4.25. The molecule has 4 rings (SSSR count). The van der Waals surface area contributed by atoms with Crippen molar-refractivity contribution in [1.82, 2.24) is 19.7 Å². The van der Waals surface area contributed by atoms with Crippen LogP contribution in [0.1, 0.15) is 33.3 Å². The Kier molecular flexibility index (Phi) is 6.52. The van der Waals surface area contributed by atoms with Crippen molar-refractivity contribution in [2.75, 3.05) is 5.32 Å². The number of aliphatic hydroxyl groups is 1. The van der Waals surface area contributed by atoms with Gasteiger partial charge in [0.25, 0.3) is 0 Å². The van der Waals surface area contributed by atoms with Gasteiger partial charge in [-0.05, 0) is 53.9 Å². The van der Waals surface area contributed by atoms with Gasteiger partial charge in [0.15, 0.2) is 0 Å². The molecule has 2 aromatic heterocycles. The number of nitrogens with one attached hydrogen (secondary N) is 1. The number of aromatic carboxylic acids is 1. The molecule has 35 heavy (non-hydrogen) atoms. The van der Waals surface area contributed by atoms with Crippen LogP contribution in [0.4, 0.5) is 24.8 Å². The number of hydrogen-bond acceptors (Lipinski definition) is 6. The van der Waals surface area contributed by atoms with Gasteiger partial charge in [-0.3, -0.25) is 4.68 Å². The van der Waals surface area contributed by atoms with Crippen molar-refractivity contribution in [2.45, 2.75) is 25.7 Å². The number of aliphatic hydroxyl groups excluding tert-OH is 1. The van der Waals surface area contributed by atoms with E-state index in [0.717, 1.165) is 29.0 Å². The number of carboxylic acid groups (broad SMARTS) is 1. The molecule has 0 bridgehead atoms. The summed E-state index contributed by atoms with van der Waals surface area (Å²) in [7, 11) is 0. The van der Waals surface area contributed by atoms with Gasteiger partial charge in [-0.2, -0.15) is 18.3 Å². The number of carboxylic acids is 1. The SMILES string of the molecule is Cc1cc(Nc2nccc(C(F)(F)F)n2)cc(-c2cnn(CC(O)c3ccc(C(=O)O)cc3)c2)c1. The van der Waals surface area contributed by atoms with Gasteiger partial charge in [0.05, 0.1) is 24.4 Å². The molecule has 1 unspecified atom stereocenters. The Morgan fingerprint density at radius 3 is 2.54 bits per heavy atom. The van der Waals surface area contributed by atoms with E-state index in [1.807, 2.05) is 13.0 Å². The molecule has 0 saturated heterocycles. The molecule has 0 aliphatic heterocycles. The van der Waals surface area contributed by atoms with Crippen LogP contribution in [0.5, 0.6) is 0 Å². The smallest absolute Gasteiger partial charge is 0.433 e. The van der Waals surface area contributed by atoms with E-state index in [1.54, 1.807) is 41.3 Å². The van der Waals surface area contributed by atoms with Crippen LogP contribution >= 0.6 is 0 Å². The van der Waals surface area contributed by atoms with Crippen molar-refractivity contribution in [2.24, 2.45) is 0 Å². The molecule has 0 spiro atoms. The third-order valence-corrected chi connectivity index (χ3v) is 5.15. The number of halogens is 3. The molecule has 3 N–H and O–H groups in total. The summed E-state index contributed by atoms with van der Waals surface area (Å²) in [6.45, 7) is 1.98. The number of carbonyl (C=O) groups is 1. The molecule has 0 fully saturated rings. The Morgan fingerprint density at radius 1 is 1.11 bits per heavy atom. The Bertz CT molecular complexity index is 1350. The number of hydrogen-bond donors (Lipinski definition) is 3. The van der Waals surface area contributed by atoms with Crippen LogP contribution in [0.15, 0.2) is 67.1 Å². The second kappa shape index (κ2) is 9.55. The normalized spacial score (nSPS) is 12.4. The van der Waals surface area contributed by atoms with Crippen LogP contribution in [0.3, 0.4) is 0 Å². The predicted molar refractivity (Wildman–Crippen MR) is 121 cm³/mol. The second-order valence-corrected chi connectivity index (χ2v) is 7.87. The Morgan fingerprint density at radius 2 is 1.86 bits per heavy atom. The van der Waals surface area contributed by atoms with Gasteiger partial charge in [0.2, 0.25) is 5.95 Å². The van der Waals surface area contributed by atoms with Crippen molar-refractivity contribution >= 4 is 17.6 Å². The topological polar surface area (TPSA) is 113 Å². The molecule has 8 nitrogen and oxygen atoms in total. The highest BCUT2D eigenvalue weighted by atomic mass is 19.4. The molecule has 0 radical (unpaired) electrons. The van der Waals surface area contributed by atoms with Crippen molar-refractivity contribution in [3.05, 3.63) is 89.5 Å². The van der Waals surface area contributed by atoms with E-state index in [-0.39, 0.29) is 18.1 Å². The molecule has 0 amide bonds. The minimum Gasteiger partial charge on any atom is -0.478 e. The van der Waals surface area contributed by atoms with Gasteiger partial charge < -0.3 is 15.5 Å². The molecular formula is C24H20F3N5O3. The van der Waals surface area contributed by atoms with Gasteiger partial charge in [-0.1, -0.05) is 18.2 Å². The van der Waals surface area contributed by atoms with Gasteiger partial charge in [0.1, 0.15) is 5.69 Å². The summed E-state index contributed by atoms with van der Waals surface area (Å²) in [6.07, 6.45) is -1.10. The second-order valence-electron chi connectivity index (χ2n) is 7.87. The van der Waals surface area contributed by atoms with Crippen LogP contribution in [0.25, 0.3) is 11.1 Å². The lowest BCUT2D eigenvalue weighted by Crippen LogP contribution is -2.10. The van der Waals surface area contributed by atoms with E-state index in [2.05, 4.69) is 20.4 Å². The third kappa shape index (κ3) is 5.82. The Balaban J connectivity index is 1.50. The van der Waals surface area contributed by atoms with Crippen LogP contribution in [-0.4, -0.2) is 35.9 Å². The molecule has 2 heterocycles. The minimum absolute atomic E-state index is 0.127. The van der Waals surface area contributed by atoms with Crippen LogP contribution < -0.4 is 5.32 Å². The molecule has 180 valence electrons. The average Bonchev–Trinajstić information content (AvgIpc) is 3.27. The van der Waals surface area contributed by atoms with E-state index in [4.69, 9.17) is 5.11 Å². The first-order valence-corrected chi connectivity index (χ1v) is 10.4. The Labute approximate surface area is 197 Å². The summed E-state index contributed by atoms with van der Waals surface area (Å²) < 4.78 is 40.4. The number of nitrogens with zero attached hydrogens (tertiary/aromatic N) is 4. The van der Waals surface area contributed by atoms with E-state index < -0.39 is 23.9 Å². The monoisotopic (exact) mass is 483 g/mol. The molecule has 11 heteroatoms. The highest BCUT2D eigenvalue weighted by molar-refractivity contribution is 5.87. The maximum atomic E-state index is 12.9. The molecule has 0 aliphatic carbocycles. The fourth-order valence-electron chi connectivity index (χ4n) is 3.47. The van der Waals surface area contributed by atoms with Crippen molar-refractivity contribution < 1.29 is 28.2 Å². The first kappa shape index (κ1) is 23.9. The summed E-state index contributed by atoms with van der Waals surface area (Å²) >= 11 is 0. The number of benzene rings is 2. The van der Waals surface area contributed by atoms with Gasteiger partial charge in [-0.15, -0.1) is 0 Å². The summed E-state index contributed by atoms with van der Waals surface area (Å²) in [4.78, 5) is 18.4. The first-order valence-electron chi connectivity index (χ1n) is 10.4. The first-order chi connectivity index (χ1) is 16.6. The number of anilines is 2. The molecule has 1 atom stereocenters. The highest BCUT2D eigenvalue weighted by Gasteiger charge is 2.32. The zero-order valence-corrected chi connectivity index (χ0v) is 18.4. The lowest BCUT2D eigenvalue weighted by Gasteiger charge is -2.11. The van der Waals surface area contributed by atoms with Gasteiger partial charge >= 0.3 is 12.1 Å². The van der Waals surface area contributed by atoms with Gasteiger partial charge in [-0.25, -0.2) is 14.8 Å². The van der Waals surface area contributed by atoms with Crippen molar-refractivity contribution in [3.63, 3.8) is 0 Å². The van der Waals surface area contributed by atoms with Crippen LogP contribution in [0.2, 0.25) is 0 Å². The minimum atomic E-state index is -4.57. The number of alkyl halides is 3. The highest BCUT2D eigenvalue weighted by Crippen LogP contribution is 2.29. The van der Waals surface area contributed by atoms with Gasteiger partial charge in [0, 0.05) is 23.6 Å². The van der Waals surface area contributed by atoms with Crippen LogP contribution in [0, 0.1) is 6.92 Å². The van der Waals surface area contributed by atoms with Crippen LogP contribution in [-0.2, 0) is 12.7 Å². The van der Waals surface area contributed by atoms with Crippen molar-refractivity contribution in [3.8, 4) is 11.1 Å². The summed E-state index contributed by atoms with van der Waals surface area (Å²) in [5, 5.41) is 26.6. The van der Waals surface area contributed by atoms with E-state index >= 15 is 0 Å². The van der Waals surface area contributed by atoms with E-state index in [1.165, 1.54) is 12.1 Å². The predicted octanol–water partition coefficient (Wildman–Crippen LogP) is 4.84.